The fourth-order valence-electron chi connectivity index (χ4n) is 2.40. The Kier molecular flexibility index (Phi) is 5.50. The van der Waals surface area contributed by atoms with Gasteiger partial charge in [0.2, 0.25) is 0 Å². The van der Waals surface area contributed by atoms with Gasteiger partial charge in [0, 0.05) is 24.7 Å². The Morgan fingerprint density at radius 2 is 2.05 bits per heavy atom. The summed E-state index contributed by atoms with van der Waals surface area (Å²) in [5, 5.41) is 3.95. The van der Waals surface area contributed by atoms with Crippen LogP contribution in [-0.4, -0.2) is 45.5 Å². The van der Waals surface area contributed by atoms with Crippen LogP contribution in [0.3, 0.4) is 0 Å². The molecule has 0 amide bonds. The number of hydrogen-bond donors (Lipinski definition) is 1. The number of para-hydroxylation sites is 1. The number of benzene rings is 1. The van der Waals surface area contributed by atoms with Crippen molar-refractivity contribution in [3.8, 4) is 0 Å². The molecule has 0 saturated carbocycles. The first-order valence-corrected chi connectivity index (χ1v) is 9.01. The first-order chi connectivity index (χ1) is 10.4. The molecule has 0 aliphatic heterocycles. The molecule has 6 heteroatoms. The Hall–Kier alpha value is -1.50. The Bertz CT molecular complexity index is 731. The Labute approximate surface area is 131 Å². The molecule has 2 atom stereocenters. The predicted molar refractivity (Wildman–Crippen MR) is 88.6 cm³/mol. The van der Waals surface area contributed by atoms with Crippen LogP contribution < -0.4 is 5.32 Å². The van der Waals surface area contributed by atoms with E-state index in [2.05, 4.69) is 10.3 Å². The zero-order valence-corrected chi connectivity index (χ0v) is 13.9. The molecule has 0 bridgehead atoms. The van der Waals surface area contributed by atoms with Gasteiger partial charge >= 0.3 is 0 Å². The summed E-state index contributed by atoms with van der Waals surface area (Å²) in [5.74, 6) is 0.0186. The van der Waals surface area contributed by atoms with Crippen LogP contribution in [0.15, 0.2) is 36.5 Å². The lowest BCUT2D eigenvalue weighted by molar-refractivity contribution is 0.0922. The molecule has 2 rings (SSSR count). The van der Waals surface area contributed by atoms with Crippen LogP contribution in [0, 0.1) is 0 Å². The zero-order chi connectivity index (χ0) is 16.2. The van der Waals surface area contributed by atoms with Gasteiger partial charge in [0.15, 0.2) is 9.84 Å². The van der Waals surface area contributed by atoms with E-state index in [1.807, 2.05) is 37.3 Å². The number of sulfone groups is 1. The second-order valence-electron chi connectivity index (χ2n) is 5.43. The van der Waals surface area contributed by atoms with E-state index in [1.54, 1.807) is 20.4 Å². The predicted octanol–water partition coefficient (Wildman–Crippen LogP) is 1.77. The Morgan fingerprint density at radius 3 is 2.73 bits per heavy atom. The van der Waals surface area contributed by atoms with Crippen molar-refractivity contribution < 1.29 is 13.2 Å². The van der Waals surface area contributed by atoms with Crippen LogP contribution >= 0.6 is 0 Å². The molecule has 0 fully saturated rings. The summed E-state index contributed by atoms with van der Waals surface area (Å²) >= 11 is 0. The maximum absolute atomic E-state index is 12.4. The maximum Gasteiger partial charge on any atom is 0.156 e. The average molecular weight is 322 g/mol. The van der Waals surface area contributed by atoms with E-state index >= 15 is 0 Å². The summed E-state index contributed by atoms with van der Waals surface area (Å²) in [7, 11) is 0.0694. The average Bonchev–Trinajstić information content (AvgIpc) is 2.51. The number of likely N-dealkylation sites (N-methyl/N-ethyl adjacent to an activating group) is 1. The molecule has 0 spiro atoms. The van der Waals surface area contributed by atoms with Crippen molar-refractivity contribution >= 4 is 20.7 Å². The molecule has 0 saturated heterocycles. The zero-order valence-electron chi connectivity index (χ0n) is 13.1. The Morgan fingerprint density at radius 1 is 1.32 bits per heavy atom. The van der Waals surface area contributed by atoms with Crippen LogP contribution in [0.4, 0.5) is 0 Å². The number of pyridine rings is 1. The van der Waals surface area contributed by atoms with E-state index in [0.29, 0.717) is 5.56 Å². The van der Waals surface area contributed by atoms with Crippen molar-refractivity contribution in [2.45, 2.75) is 24.8 Å². The van der Waals surface area contributed by atoms with E-state index in [9.17, 15) is 8.42 Å². The van der Waals surface area contributed by atoms with E-state index in [0.717, 1.165) is 10.9 Å². The van der Waals surface area contributed by atoms with Gasteiger partial charge < -0.3 is 10.1 Å². The summed E-state index contributed by atoms with van der Waals surface area (Å²) in [5.41, 5.74) is 1.57. The lowest BCUT2D eigenvalue weighted by atomic mass is 10.2. The first-order valence-electron chi connectivity index (χ1n) is 7.19. The number of rotatable bonds is 7. The molecule has 5 nitrogen and oxygen atoms in total. The second kappa shape index (κ2) is 7.17. The van der Waals surface area contributed by atoms with Crippen LogP contribution in [0.1, 0.15) is 12.5 Å². The number of nitrogens with one attached hydrogen (secondary N) is 1. The summed E-state index contributed by atoms with van der Waals surface area (Å²) in [6, 6.07) is 9.32. The van der Waals surface area contributed by atoms with Gasteiger partial charge in [-0.1, -0.05) is 18.2 Å². The summed E-state index contributed by atoms with van der Waals surface area (Å²) in [4.78, 5) is 4.31. The van der Waals surface area contributed by atoms with Gasteiger partial charge in [0.05, 0.1) is 23.1 Å². The molecule has 0 aliphatic rings. The summed E-state index contributed by atoms with van der Waals surface area (Å²) in [6.45, 7) is 1.86. The van der Waals surface area contributed by atoms with Gasteiger partial charge in [0.25, 0.3) is 0 Å². The van der Waals surface area contributed by atoms with Gasteiger partial charge in [0.1, 0.15) is 0 Å². The molecule has 22 heavy (non-hydrogen) atoms. The highest BCUT2D eigenvalue weighted by atomic mass is 32.2. The molecule has 2 unspecified atom stereocenters. The van der Waals surface area contributed by atoms with Crippen molar-refractivity contribution in [1.29, 1.82) is 0 Å². The van der Waals surface area contributed by atoms with Crippen LogP contribution in [-0.2, 0) is 20.3 Å². The minimum atomic E-state index is -3.25. The smallest absolute Gasteiger partial charge is 0.156 e. The number of nitrogens with zero attached hydrogens (tertiary/aromatic N) is 1. The van der Waals surface area contributed by atoms with Gasteiger partial charge in [-0.2, -0.15) is 0 Å². The molecule has 1 aromatic heterocycles. The molecular formula is C16H22N2O3S. The number of fused-ring (bicyclic) bond motifs is 1. The fourth-order valence-corrected chi connectivity index (χ4v) is 4.17. The monoisotopic (exact) mass is 322 g/mol. The number of ether oxygens (including phenoxy) is 1. The highest BCUT2D eigenvalue weighted by Crippen LogP contribution is 2.15. The molecule has 1 N–H and O–H groups in total. The van der Waals surface area contributed by atoms with Crippen molar-refractivity contribution in [2.24, 2.45) is 0 Å². The Balaban J connectivity index is 2.16. The van der Waals surface area contributed by atoms with Gasteiger partial charge in [-0.25, -0.2) is 8.42 Å². The van der Waals surface area contributed by atoms with Gasteiger partial charge in [-0.3, -0.25) is 4.98 Å². The van der Waals surface area contributed by atoms with E-state index in [1.165, 1.54) is 0 Å². The molecule has 2 aromatic rings. The normalized spacial score (nSPS) is 14.9. The number of methoxy groups -OCH3 is 1. The third kappa shape index (κ3) is 4.25. The van der Waals surface area contributed by atoms with Crippen molar-refractivity contribution in [3.63, 3.8) is 0 Å². The lowest BCUT2D eigenvalue weighted by Crippen LogP contribution is -2.42. The minimum Gasteiger partial charge on any atom is -0.380 e. The number of aromatic nitrogens is 1. The summed E-state index contributed by atoms with van der Waals surface area (Å²) < 4.78 is 30.0. The van der Waals surface area contributed by atoms with Crippen molar-refractivity contribution in [3.05, 3.63) is 42.1 Å². The number of hydrogen-bond acceptors (Lipinski definition) is 5. The van der Waals surface area contributed by atoms with Crippen LogP contribution in [0.25, 0.3) is 10.9 Å². The molecule has 0 aliphatic carbocycles. The van der Waals surface area contributed by atoms with Crippen LogP contribution in [0.2, 0.25) is 0 Å². The second-order valence-corrected chi connectivity index (χ2v) is 7.54. The minimum absolute atomic E-state index is 0.0144. The molecule has 1 aromatic carbocycles. The standard InChI is InChI=1S/C16H22N2O3S/c1-12(21-3)16(17-2)11-22(19,20)10-13-8-14-6-4-5-7-15(14)18-9-13/h4-9,12,16-17H,10-11H2,1-3H3. The van der Waals surface area contributed by atoms with Gasteiger partial charge in [-0.05, 0) is 31.7 Å². The molecular weight excluding hydrogens is 300 g/mol. The van der Waals surface area contributed by atoms with E-state index < -0.39 is 9.84 Å². The summed E-state index contributed by atoms with van der Waals surface area (Å²) in [6.07, 6.45) is 1.46. The van der Waals surface area contributed by atoms with Crippen molar-refractivity contribution in [2.75, 3.05) is 19.9 Å². The SMILES string of the molecule is CNC(CS(=O)(=O)Cc1cnc2ccccc2c1)C(C)OC. The highest BCUT2D eigenvalue weighted by Gasteiger charge is 2.23. The topological polar surface area (TPSA) is 68.3 Å². The largest absolute Gasteiger partial charge is 0.380 e. The first kappa shape index (κ1) is 16.9. The van der Waals surface area contributed by atoms with Crippen molar-refractivity contribution in [1.82, 2.24) is 10.3 Å². The maximum atomic E-state index is 12.4. The fraction of sp³-hybridized carbons (Fsp3) is 0.438. The molecule has 120 valence electrons. The van der Waals surface area contributed by atoms with Gasteiger partial charge in [-0.15, -0.1) is 0 Å². The quantitative estimate of drug-likeness (QED) is 0.841. The third-order valence-corrected chi connectivity index (χ3v) is 5.42. The molecule has 0 radical (unpaired) electrons. The van der Waals surface area contributed by atoms with E-state index in [-0.39, 0.29) is 23.7 Å². The molecule has 1 heterocycles. The lowest BCUT2D eigenvalue weighted by Gasteiger charge is -2.22. The van der Waals surface area contributed by atoms with Crippen LogP contribution in [0.5, 0.6) is 0 Å². The third-order valence-electron chi connectivity index (χ3n) is 3.78. The van der Waals surface area contributed by atoms with E-state index in [4.69, 9.17) is 4.74 Å². The highest BCUT2D eigenvalue weighted by molar-refractivity contribution is 7.90.